The Kier molecular flexibility index (Phi) is 6.22. The van der Waals surface area contributed by atoms with E-state index in [1.54, 1.807) is 20.8 Å². The van der Waals surface area contributed by atoms with Gasteiger partial charge in [-0.1, -0.05) is 23.7 Å². The van der Waals surface area contributed by atoms with Crippen LogP contribution in [0.15, 0.2) is 36.4 Å². The van der Waals surface area contributed by atoms with Crippen molar-refractivity contribution in [3.8, 4) is 0 Å². The maximum atomic E-state index is 13.5. The molecular weight excluding hydrogens is 392 g/mol. The van der Waals surface area contributed by atoms with E-state index in [2.05, 4.69) is 9.71 Å². The van der Waals surface area contributed by atoms with E-state index in [4.69, 9.17) is 11.6 Å². The highest BCUT2D eigenvalue weighted by Gasteiger charge is 2.35. The van der Waals surface area contributed by atoms with Crippen molar-refractivity contribution in [1.82, 2.24) is 9.71 Å². The van der Waals surface area contributed by atoms with Crippen molar-refractivity contribution in [3.05, 3.63) is 64.2 Å². The van der Waals surface area contributed by atoms with Crippen molar-refractivity contribution in [1.29, 1.82) is 0 Å². The third-order valence-electron chi connectivity index (χ3n) is 3.41. The van der Waals surface area contributed by atoms with Gasteiger partial charge < -0.3 is 4.55 Å². The fourth-order valence-corrected chi connectivity index (χ4v) is 3.06. The lowest BCUT2D eigenvalue weighted by Gasteiger charge is -2.28. The summed E-state index contributed by atoms with van der Waals surface area (Å²) >= 11 is 4.18. The van der Waals surface area contributed by atoms with Gasteiger partial charge in [-0.25, -0.2) is 9.37 Å². The predicted molar refractivity (Wildman–Crippen MR) is 93.5 cm³/mol. The Bertz CT molecular complexity index is 780. The largest absolute Gasteiger partial charge is 0.598 e. The molecule has 142 valence electrons. The highest BCUT2D eigenvalue weighted by molar-refractivity contribution is 7.90. The summed E-state index contributed by atoms with van der Waals surface area (Å²) in [4.78, 5) is 3.65. The van der Waals surface area contributed by atoms with Crippen LogP contribution in [0.1, 0.15) is 43.8 Å². The molecule has 0 saturated carbocycles. The molecule has 2 aromatic rings. The molecule has 26 heavy (non-hydrogen) atoms. The van der Waals surface area contributed by atoms with E-state index in [-0.39, 0.29) is 10.7 Å². The second kappa shape index (κ2) is 7.72. The number of benzene rings is 1. The highest BCUT2D eigenvalue weighted by atomic mass is 35.5. The van der Waals surface area contributed by atoms with Gasteiger partial charge >= 0.3 is 6.18 Å². The Hall–Kier alpha value is -1.35. The summed E-state index contributed by atoms with van der Waals surface area (Å²) in [6.07, 6.45) is -4.62. The fraction of sp³-hybridized carbons (Fsp3) is 0.353. The quantitative estimate of drug-likeness (QED) is 0.570. The summed E-state index contributed by atoms with van der Waals surface area (Å²) in [6.45, 7) is 5.14. The molecule has 1 N–H and O–H groups in total. The minimum atomic E-state index is -4.62. The van der Waals surface area contributed by atoms with E-state index in [1.807, 2.05) is 0 Å². The zero-order chi connectivity index (χ0) is 19.7. The van der Waals surface area contributed by atoms with Gasteiger partial charge in [0.05, 0.1) is 10.7 Å². The van der Waals surface area contributed by atoms with Crippen LogP contribution in [0.2, 0.25) is 5.02 Å². The summed E-state index contributed by atoms with van der Waals surface area (Å²) in [5, 5.41) is -0.192. The molecule has 1 aromatic carbocycles. The molecule has 0 fully saturated rings. The molecule has 0 spiro atoms. The van der Waals surface area contributed by atoms with Crippen LogP contribution in [0, 0.1) is 5.82 Å². The molecule has 0 bridgehead atoms. The van der Waals surface area contributed by atoms with Crippen molar-refractivity contribution in [2.75, 3.05) is 0 Å². The van der Waals surface area contributed by atoms with Crippen LogP contribution in [-0.2, 0) is 17.5 Å². The number of aromatic nitrogens is 1. The first-order valence-corrected chi connectivity index (χ1v) is 9.09. The van der Waals surface area contributed by atoms with Crippen molar-refractivity contribution in [2.24, 2.45) is 0 Å². The maximum Gasteiger partial charge on any atom is 0.433 e. The molecule has 0 amide bonds. The molecule has 2 rings (SSSR count). The third kappa shape index (κ3) is 5.09. The van der Waals surface area contributed by atoms with Crippen molar-refractivity contribution in [3.63, 3.8) is 0 Å². The summed E-state index contributed by atoms with van der Waals surface area (Å²) in [5.41, 5.74) is -0.725. The van der Waals surface area contributed by atoms with E-state index in [1.165, 1.54) is 24.3 Å². The zero-order valence-electron chi connectivity index (χ0n) is 14.2. The predicted octanol–water partition coefficient (Wildman–Crippen LogP) is 5.03. The number of rotatable bonds is 4. The summed E-state index contributed by atoms with van der Waals surface area (Å²) in [7, 11) is 0. The van der Waals surface area contributed by atoms with Crippen molar-refractivity contribution >= 4 is 23.0 Å². The van der Waals surface area contributed by atoms with Gasteiger partial charge in [0.15, 0.2) is 0 Å². The molecular formula is C17H17ClF4N2OS. The van der Waals surface area contributed by atoms with E-state index >= 15 is 0 Å². The smallest absolute Gasteiger partial charge is 0.433 e. The van der Waals surface area contributed by atoms with Gasteiger partial charge in [-0.05, 0) is 50.6 Å². The minimum absolute atomic E-state index is 0.0000924. The third-order valence-corrected chi connectivity index (χ3v) is 5.27. The Morgan fingerprint density at radius 1 is 1.15 bits per heavy atom. The standard InChI is InChI=1S/C17H17ClF4N2OS/c1-16(2,3)26(25)24-15(10-7-8-12(19)11(18)9-10)13-5-4-6-14(23-13)17(20,21)22/h4-9,15,24H,1-3H3/t15?,26-/m1/s1. The van der Waals surface area contributed by atoms with E-state index in [9.17, 15) is 22.1 Å². The lowest BCUT2D eigenvalue weighted by atomic mass is 10.0. The molecule has 0 aliphatic carbocycles. The van der Waals surface area contributed by atoms with Crippen LogP contribution in [-0.4, -0.2) is 14.3 Å². The molecule has 1 unspecified atom stereocenters. The second-order valence-electron chi connectivity index (χ2n) is 6.55. The minimum Gasteiger partial charge on any atom is -0.598 e. The lowest BCUT2D eigenvalue weighted by molar-refractivity contribution is -0.141. The van der Waals surface area contributed by atoms with Gasteiger partial charge in [0.2, 0.25) is 0 Å². The van der Waals surface area contributed by atoms with Crippen molar-refractivity contribution in [2.45, 2.75) is 37.7 Å². The topological polar surface area (TPSA) is 48.0 Å². The van der Waals surface area contributed by atoms with Gasteiger partial charge in [-0.3, -0.25) is 0 Å². The molecule has 1 heterocycles. The molecule has 9 heteroatoms. The molecule has 0 aliphatic heterocycles. The van der Waals surface area contributed by atoms with E-state index < -0.39 is 39.8 Å². The van der Waals surface area contributed by atoms with Gasteiger partial charge in [-0.2, -0.15) is 13.2 Å². The number of nitrogens with one attached hydrogen (secondary N) is 1. The lowest BCUT2D eigenvalue weighted by Crippen LogP contribution is -2.41. The van der Waals surface area contributed by atoms with Gasteiger partial charge in [0.1, 0.15) is 22.3 Å². The monoisotopic (exact) mass is 408 g/mol. The van der Waals surface area contributed by atoms with Crippen LogP contribution in [0.4, 0.5) is 17.6 Å². The number of hydrogen-bond donors (Lipinski definition) is 1. The van der Waals surface area contributed by atoms with E-state index in [0.717, 1.165) is 12.1 Å². The Morgan fingerprint density at radius 3 is 2.35 bits per heavy atom. The molecule has 1 aromatic heterocycles. The number of halogens is 5. The zero-order valence-corrected chi connectivity index (χ0v) is 15.8. The second-order valence-corrected chi connectivity index (χ2v) is 8.96. The summed E-state index contributed by atoms with van der Waals surface area (Å²) < 4.78 is 67.0. The Balaban J connectivity index is 2.51. The van der Waals surface area contributed by atoms with Crippen molar-refractivity contribution < 1.29 is 22.1 Å². The number of nitrogens with zero attached hydrogens (tertiary/aromatic N) is 1. The van der Waals surface area contributed by atoms with E-state index in [0.29, 0.717) is 5.56 Å². The Morgan fingerprint density at radius 2 is 1.81 bits per heavy atom. The molecule has 0 aliphatic rings. The molecule has 0 saturated heterocycles. The van der Waals surface area contributed by atoms with Crippen LogP contribution < -0.4 is 4.72 Å². The first-order valence-electron chi connectivity index (χ1n) is 7.57. The van der Waals surface area contributed by atoms with Crippen LogP contribution in [0.25, 0.3) is 0 Å². The van der Waals surface area contributed by atoms with Crippen LogP contribution >= 0.6 is 11.6 Å². The van der Waals surface area contributed by atoms with Gasteiger partial charge in [-0.15, -0.1) is 4.72 Å². The maximum absolute atomic E-state index is 13.5. The average Bonchev–Trinajstić information content (AvgIpc) is 2.53. The number of alkyl halides is 3. The highest BCUT2D eigenvalue weighted by Crippen LogP contribution is 2.31. The normalized spacial score (nSPS) is 15.0. The summed E-state index contributed by atoms with van der Waals surface area (Å²) in [5.74, 6) is -0.664. The van der Waals surface area contributed by atoms with Crippen LogP contribution in [0.3, 0.4) is 0 Å². The fourth-order valence-electron chi connectivity index (χ4n) is 2.05. The average molecular weight is 409 g/mol. The Labute approximate surface area is 157 Å². The van der Waals surface area contributed by atoms with Crippen LogP contribution in [0.5, 0.6) is 0 Å². The molecule has 0 radical (unpaired) electrons. The SMILES string of the molecule is CC(C)(C)[S@@+]([O-])NC(c1ccc(F)c(Cl)c1)c1cccc(C(F)(F)F)n1. The number of hydrogen-bond acceptors (Lipinski definition) is 3. The first kappa shape index (κ1) is 21.0. The van der Waals surface area contributed by atoms with Gasteiger partial charge in [0, 0.05) is 11.4 Å². The molecule has 3 nitrogen and oxygen atoms in total. The first-order chi connectivity index (χ1) is 11.9. The number of pyridine rings is 1. The summed E-state index contributed by atoms with van der Waals surface area (Å²) in [6, 6.07) is 6.21. The molecule has 2 atom stereocenters. The van der Waals surface area contributed by atoms with Gasteiger partial charge in [0.25, 0.3) is 0 Å².